The number of ether oxygens (including phenoxy) is 1. The Balaban J connectivity index is 2.59. The van der Waals surface area contributed by atoms with Crippen LogP contribution in [0.2, 0.25) is 0 Å². The number of hydrogen-bond donors (Lipinski definition) is 2. The molecule has 0 aliphatic carbocycles. The van der Waals surface area contributed by atoms with Gasteiger partial charge in [0.15, 0.2) is 0 Å². The second-order valence-electron chi connectivity index (χ2n) is 4.17. The zero-order valence-corrected chi connectivity index (χ0v) is 10.8. The molecule has 0 radical (unpaired) electrons. The van der Waals surface area contributed by atoms with Crippen LogP contribution < -0.4 is 15.4 Å². The summed E-state index contributed by atoms with van der Waals surface area (Å²) >= 11 is 0. The van der Waals surface area contributed by atoms with Crippen molar-refractivity contribution < 1.29 is 9.53 Å². The minimum atomic E-state index is -0.253. The molecule has 0 aliphatic heterocycles. The zero-order valence-electron chi connectivity index (χ0n) is 10.8. The van der Waals surface area contributed by atoms with Gasteiger partial charge in [-0.1, -0.05) is 0 Å². The van der Waals surface area contributed by atoms with Gasteiger partial charge in [0.2, 0.25) is 5.91 Å². The van der Waals surface area contributed by atoms with Crippen LogP contribution in [0.5, 0.6) is 5.75 Å². The highest BCUT2D eigenvalue weighted by molar-refractivity contribution is 5.83. The third-order valence-corrected chi connectivity index (χ3v) is 2.25. The van der Waals surface area contributed by atoms with Crippen LogP contribution >= 0.6 is 0 Å². The van der Waals surface area contributed by atoms with Crippen LogP contribution in [-0.4, -0.2) is 25.1 Å². The Kier molecular flexibility index (Phi) is 4.82. The van der Waals surface area contributed by atoms with Gasteiger partial charge in [-0.05, 0) is 45.0 Å². The lowest BCUT2D eigenvalue weighted by atomic mass is 10.2. The number of carbonyl (C=O) groups is 1. The van der Waals surface area contributed by atoms with Crippen molar-refractivity contribution in [2.75, 3.05) is 12.4 Å². The maximum absolute atomic E-state index is 11.3. The summed E-state index contributed by atoms with van der Waals surface area (Å²) in [7, 11) is 1.63. The third-order valence-electron chi connectivity index (χ3n) is 2.25. The van der Waals surface area contributed by atoms with E-state index in [1.807, 2.05) is 45.0 Å². The molecule has 0 aliphatic rings. The van der Waals surface area contributed by atoms with Crippen LogP contribution in [0.1, 0.15) is 20.8 Å². The second-order valence-corrected chi connectivity index (χ2v) is 4.17. The molecule has 17 heavy (non-hydrogen) atoms. The molecule has 1 unspecified atom stereocenters. The normalized spacial score (nSPS) is 12.1. The minimum Gasteiger partial charge on any atom is -0.491 e. The molecule has 94 valence electrons. The van der Waals surface area contributed by atoms with Gasteiger partial charge in [0.25, 0.3) is 0 Å². The Morgan fingerprint density at radius 2 is 1.76 bits per heavy atom. The zero-order chi connectivity index (χ0) is 12.8. The average Bonchev–Trinajstić information content (AvgIpc) is 2.30. The van der Waals surface area contributed by atoms with Crippen molar-refractivity contribution >= 4 is 11.6 Å². The van der Waals surface area contributed by atoms with Crippen molar-refractivity contribution in [3.05, 3.63) is 24.3 Å². The van der Waals surface area contributed by atoms with Gasteiger partial charge < -0.3 is 15.4 Å². The highest BCUT2D eigenvalue weighted by Gasteiger charge is 2.09. The molecule has 1 atom stereocenters. The average molecular weight is 236 g/mol. The molecule has 2 N–H and O–H groups in total. The SMILES string of the molecule is CNC(=O)C(C)Nc1ccc(OC(C)C)cc1. The molecule has 0 bridgehead atoms. The summed E-state index contributed by atoms with van der Waals surface area (Å²) < 4.78 is 5.54. The fourth-order valence-corrected chi connectivity index (χ4v) is 1.43. The summed E-state index contributed by atoms with van der Waals surface area (Å²) in [6, 6.07) is 7.32. The largest absolute Gasteiger partial charge is 0.491 e. The molecular weight excluding hydrogens is 216 g/mol. The first kappa shape index (κ1) is 13.4. The molecule has 0 saturated carbocycles. The Morgan fingerprint density at radius 3 is 2.24 bits per heavy atom. The summed E-state index contributed by atoms with van der Waals surface area (Å²) in [5.41, 5.74) is 0.900. The van der Waals surface area contributed by atoms with Crippen molar-refractivity contribution in [3.8, 4) is 5.75 Å². The van der Waals surface area contributed by atoms with Crippen molar-refractivity contribution in [1.29, 1.82) is 0 Å². The van der Waals surface area contributed by atoms with E-state index in [0.29, 0.717) is 0 Å². The van der Waals surface area contributed by atoms with Crippen LogP contribution in [0, 0.1) is 0 Å². The number of amides is 1. The first-order valence-corrected chi connectivity index (χ1v) is 5.77. The van der Waals surface area contributed by atoms with Gasteiger partial charge in [-0.15, -0.1) is 0 Å². The molecule has 1 aromatic carbocycles. The van der Waals surface area contributed by atoms with E-state index >= 15 is 0 Å². The van der Waals surface area contributed by atoms with Crippen molar-refractivity contribution in [2.24, 2.45) is 0 Å². The van der Waals surface area contributed by atoms with Gasteiger partial charge in [0.1, 0.15) is 11.8 Å². The molecule has 0 spiro atoms. The van der Waals surface area contributed by atoms with Gasteiger partial charge in [0.05, 0.1) is 6.10 Å². The monoisotopic (exact) mass is 236 g/mol. The molecule has 0 saturated heterocycles. The number of benzene rings is 1. The Morgan fingerprint density at radius 1 is 1.18 bits per heavy atom. The van der Waals surface area contributed by atoms with Gasteiger partial charge in [-0.25, -0.2) is 0 Å². The van der Waals surface area contributed by atoms with E-state index in [4.69, 9.17) is 4.74 Å². The summed E-state index contributed by atoms with van der Waals surface area (Å²) in [5, 5.41) is 5.70. The number of likely N-dealkylation sites (N-methyl/N-ethyl adjacent to an activating group) is 1. The molecule has 0 aromatic heterocycles. The van der Waals surface area contributed by atoms with Crippen molar-refractivity contribution in [1.82, 2.24) is 5.32 Å². The molecular formula is C13H20N2O2. The van der Waals surface area contributed by atoms with E-state index in [1.165, 1.54) is 0 Å². The van der Waals surface area contributed by atoms with E-state index in [0.717, 1.165) is 11.4 Å². The predicted octanol–water partition coefficient (Wildman–Crippen LogP) is 2.02. The molecule has 0 fully saturated rings. The lowest BCUT2D eigenvalue weighted by Gasteiger charge is -2.14. The van der Waals surface area contributed by atoms with Gasteiger partial charge in [-0.3, -0.25) is 4.79 Å². The van der Waals surface area contributed by atoms with E-state index < -0.39 is 0 Å². The molecule has 0 heterocycles. The molecule has 1 rings (SSSR count). The number of rotatable bonds is 5. The maximum Gasteiger partial charge on any atom is 0.241 e. The molecule has 1 amide bonds. The summed E-state index contributed by atoms with van der Waals surface area (Å²) in [4.78, 5) is 11.3. The smallest absolute Gasteiger partial charge is 0.241 e. The summed E-state index contributed by atoms with van der Waals surface area (Å²) in [5.74, 6) is 0.797. The third kappa shape index (κ3) is 4.34. The lowest BCUT2D eigenvalue weighted by molar-refractivity contribution is -0.121. The number of hydrogen-bond acceptors (Lipinski definition) is 3. The molecule has 4 heteroatoms. The number of carbonyl (C=O) groups excluding carboxylic acids is 1. The standard InChI is InChI=1S/C13H20N2O2/c1-9(2)17-12-7-5-11(6-8-12)15-10(3)13(16)14-4/h5-10,15H,1-4H3,(H,14,16). The van der Waals surface area contributed by atoms with Crippen LogP contribution in [0.4, 0.5) is 5.69 Å². The van der Waals surface area contributed by atoms with Gasteiger partial charge in [-0.2, -0.15) is 0 Å². The van der Waals surface area contributed by atoms with E-state index in [9.17, 15) is 4.79 Å². The molecule has 4 nitrogen and oxygen atoms in total. The van der Waals surface area contributed by atoms with Gasteiger partial charge in [0, 0.05) is 12.7 Å². The van der Waals surface area contributed by atoms with Crippen LogP contribution in [-0.2, 0) is 4.79 Å². The minimum absolute atomic E-state index is 0.0347. The fourth-order valence-electron chi connectivity index (χ4n) is 1.43. The first-order valence-electron chi connectivity index (χ1n) is 5.77. The van der Waals surface area contributed by atoms with E-state index in [-0.39, 0.29) is 18.1 Å². The van der Waals surface area contributed by atoms with Crippen LogP contribution in [0.15, 0.2) is 24.3 Å². The topological polar surface area (TPSA) is 50.4 Å². The highest BCUT2D eigenvalue weighted by atomic mass is 16.5. The summed E-state index contributed by atoms with van der Waals surface area (Å²) in [6.07, 6.45) is 0.165. The quantitative estimate of drug-likeness (QED) is 0.822. The van der Waals surface area contributed by atoms with Crippen molar-refractivity contribution in [3.63, 3.8) is 0 Å². The molecule has 1 aromatic rings. The Hall–Kier alpha value is -1.71. The van der Waals surface area contributed by atoms with E-state index in [1.54, 1.807) is 7.05 Å². The van der Waals surface area contributed by atoms with Crippen LogP contribution in [0.3, 0.4) is 0 Å². The maximum atomic E-state index is 11.3. The summed E-state index contributed by atoms with van der Waals surface area (Å²) in [6.45, 7) is 5.79. The van der Waals surface area contributed by atoms with Crippen LogP contribution in [0.25, 0.3) is 0 Å². The van der Waals surface area contributed by atoms with E-state index in [2.05, 4.69) is 10.6 Å². The lowest BCUT2D eigenvalue weighted by Crippen LogP contribution is -2.35. The fraction of sp³-hybridized carbons (Fsp3) is 0.462. The Bertz CT molecular complexity index is 360. The highest BCUT2D eigenvalue weighted by Crippen LogP contribution is 2.17. The number of nitrogens with one attached hydrogen (secondary N) is 2. The van der Waals surface area contributed by atoms with Crippen molar-refractivity contribution in [2.45, 2.75) is 32.9 Å². The Labute approximate surface area is 102 Å². The van der Waals surface area contributed by atoms with Gasteiger partial charge >= 0.3 is 0 Å². The number of anilines is 1. The second kappa shape index (κ2) is 6.13. The first-order chi connectivity index (χ1) is 8.02. The predicted molar refractivity (Wildman–Crippen MR) is 69.4 cm³/mol.